The van der Waals surface area contributed by atoms with Crippen LogP contribution >= 0.6 is 23.1 Å². The number of likely N-dealkylation sites (tertiary alicyclic amines) is 1. The third-order valence-electron chi connectivity index (χ3n) is 5.58. The average Bonchev–Trinajstić information content (AvgIpc) is 3.42. The molecule has 0 saturated carbocycles. The second-order valence-electron chi connectivity index (χ2n) is 7.56. The van der Waals surface area contributed by atoms with Crippen molar-refractivity contribution in [3.05, 3.63) is 52.2 Å². The van der Waals surface area contributed by atoms with Crippen LogP contribution < -0.4 is 5.32 Å². The summed E-state index contributed by atoms with van der Waals surface area (Å²) >= 11 is 3.72. The fraction of sp³-hybridized carbons (Fsp3) is 0.455. The highest BCUT2D eigenvalue weighted by atomic mass is 32.2. The molecule has 1 N–H and O–H groups in total. The minimum absolute atomic E-state index is 0.151. The Morgan fingerprint density at radius 2 is 2.10 bits per heavy atom. The van der Waals surface area contributed by atoms with Crippen LogP contribution in [0.2, 0.25) is 0 Å². The Labute approximate surface area is 181 Å². The van der Waals surface area contributed by atoms with Crippen LogP contribution in [0, 0.1) is 5.92 Å². The van der Waals surface area contributed by atoms with Gasteiger partial charge in [0.05, 0.1) is 6.54 Å². The van der Waals surface area contributed by atoms with Gasteiger partial charge in [-0.3, -0.25) is 9.79 Å². The molecule has 1 saturated heterocycles. The molecule has 1 atom stereocenters. The van der Waals surface area contributed by atoms with Gasteiger partial charge in [-0.05, 0) is 47.9 Å². The summed E-state index contributed by atoms with van der Waals surface area (Å²) in [4.78, 5) is 24.1. The number of aliphatic imine (C=N–C) groups is 1. The third-order valence-corrected chi connectivity index (χ3v) is 7.85. The van der Waals surface area contributed by atoms with E-state index in [9.17, 15) is 4.79 Å². The lowest BCUT2D eigenvalue weighted by Crippen LogP contribution is -2.46. The molecule has 0 bridgehead atoms. The molecular weight excluding hydrogens is 400 g/mol. The van der Waals surface area contributed by atoms with Crippen LogP contribution in [0.15, 0.2) is 51.7 Å². The van der Waals surface area contributed by atoms with Gasteiger partial charge in [0.15, 0.2) is 5.96 Å². The molecule has 4 rings (SSSR count). The van der Waals surface area contributed by atoms with Crippen molar-refractivity contribution in [2.75, 3.05) is 39.0 Å². The maximum Gasteiger partial charge on any atom is 0.242 e. The molecule has 1 amide bonds. The van der Waals surface area contributed by atoms with Crippen molar-refractivity contribution in [1.29, 1.82) is 0 Å². The Hall–Kier alpha value is -1.99. The van der Waals surface area contributed by atoms with Gasteiger partial charge in [-0.25, -0.2) is 0 Å². The molecule has 2 aliphatic heterocycles. The van der Waals surface area contributed by atoms with Crippen molar-refractivity contribution in [1.82, 2.24) is 15.1 Å². The minimum Gasteiger partial charge on any atom is -0.347 e. The molecule has 7 heteroatoms. The zero-order chi connectivity index (χ0) is 20.1. The van der Waals surface area contributed by atoms with Crippen LogP contribution in [0.1, 0.15) is 16.9 Å². The predicted octanol–water partition coefficient (Wildman–Crippen LogP) is 3.32. The molecule has 0 aliphatic carbocycles. The number of amides is 1. The normalized spacial score (nSPS) is 19.3. The number of thioether (sulfide) groups is 1. The molecule has 1 aromatic carbocycles. The second kappa shape index (κ2) is 9.67. The number of guanidine groups is 1. The monoisotopic (exact) mass is 428 g/mol. The van der Waals surface area contributed by atoms with E-state index in [2.05, 4.69) is 57.0 Å². The lowest BCUT2D eigenvalue weighted by atomic mass is 10.1. The van der Waals surface area contributed by atoms with Crippen molar-refractivity contribution in [3.63, 3.8) is 0 Å². The highest BCUT2D eigenvalue weighted by molar-refractivity contribution is 7.99. The number of rotatable bonds is 5. The first-order valence-corrected chi connectivity index (χ1v) is 12.1. The summed E-state index contributed by atoms with van der Waals surface area (Å²) in [6, 6.07) is 12.7. The standard InChI is InChI=1S/C22H28N4OS2/c1-23-22(24-13-21(27)25-11-8-20-18(15-25)9-12-28-20)26-10-7-17(14-26)16-29-19-5-3-2-4-6-19/h2-6,9,12,17H,7-8,10-11,13-16H2,1H3,(H,23,24). The minimum atomic E-state index is 0.151. The van der Waals surface area contributed by atoms with Gasteiger partial charge in [0.25, 0.3) is 0 Å². The maximum atomic E-state index is 12.7. The number of nitrogens with zero attached hydrogens (tertiary/aromatic N) is 3. The number of hydrogen-bond acceptors (Lipinski definition) is 4. The van der Waals surface area contributed by atoms with Gasteiger partial charge in [0, 0.05) is 48.8 Å². The lowest BCUT2D eigenvalue weighted by Gasteiger charge is -2.28. The van der Waals surface area contributed by atoms with Crippen LogP contribution in [0.3, 0.4) is 0 Å². The predicted molar refractivity (Wildman–Crippen MR) is 122 cm³/mol. The smallest absolute Gasteiger partial charge is 0.242 e. The maximum absolute atomic E-state index is 12.7. The van der Waals surface area contributed by atoms with Crippen molar-refractivity contribution in [3.8, 4) is 0 Å². The molecule has 29 heavy (non-hydrogen) atoms. The second-order valence-corrected chi connectivity index (χ2v) is 9.65. The van der Waals surface area contributed by atoms with Gasteiger partial charge in [0.1, 0.15) is 0 Å². The summed E-state index contributed by atoms with van der Waals surface area (Å²) in [5, 5.41) is 5.42. The average molecular weight is 429 g/mol. The number of nitrogens with one attached hydrogen (secondary N) is 1. The first-order valence-electron chi connectivity index (χ1n) is 10.2. The van der Waals surface area contributed by atoms with Crippen LogP contribution in [0.4, 0.5) is 0 Å². The molecule has 154 valence electrons. The third kappa shape index (κ3) is 5.14. The molecule has 1 aromatic heterocycles. The number of fused-ring (bicyclic) bond motifs is 1. The van der Waals surface area contributed by atoms with Crippen molar-refractivity contribution in [2.45, 2.75) is 24.3 Å². The first kappa shape index (κ1) is 20.3. The van der Waals surface area contributed by atoms with Gasteiger partial charge in [-0.1, -0.05) is 18.2 Å². The van der Waals surface area contributed by atoms with E-state index in [-0.39, 0.29) is 5.91 Å². The Kier molecular flexibility index (Phi) is 6.77. The van der Waals surface area contributed by atoms with Crippen molar-refractivity contribution >= 4 is 35.0 Å². The largest absolute Gasteiger partial charge is 0.347 e. The zero-order valence-electron chi connectivity index (χ0n) is 16.8. The SMILES string of the molecule is CN=C(NCC(=O)N1CCc2sccc2C1)N1CCC(CSc2ccccc2)C1. The van der Waals surface area contributed by atoms with Gasteiger partial charge in [-0.2, -0.15) is 0 Å². The Balaban J connectivity index is 1.23. The van der Waals surface area contributed by atoms with Gasteiger partial charge >= 0.3 is 0 Å². The fourth-order valence-corrected chi connectivity index (χ4v) is 5.89. The summed E-state index contributed by atoms with van der Waals surface area (Å²) in [7, 11) is 1.80. The number of carbonyl (C=O) groups excluding carboxylic acids is 1. The van der Waals surface area contributed by atoms with E-state index in [1.807, 2.05) is 16.7 Å². The Morgan fingerprint density at radius 3 is 2.93 bits per heavy atom. The summed E-state index contributed by atoms with van der Waals surface area (Å²) < 4.78 is 0. The molecule has 0 radical (unpaired) electrons. The first-order chi connectivity index (χ1) is 14.2. The molecule has 0 spiro atoms. The molecule has 2 aliphatic rings. The number of thiophene rings is 1. The molecule has 2 aromatic rings. The van der Waals surface area contributed by atoms with E-state index in [0.29, 0.717) is 12.5 Å². The molecule has 5 nitrogen and oxygen atoms in total. The number of hydrogen-bond donors (Lipinski definition) is 1. The van der Waals surface area contributed by atoms with Crippen LogP contribution in [0.5, 0.6) is 0 Å². The van der Waals surface area contributed by atoms with Crippen molar-refractivity contribution in [2.24, 2.45) is 10.9 Å². The summed E-state index contributed by atoms with van der Waals surface area (Å²) in [6.45, 7) is 3.85. The van der Waals surface area contributed by atoms with E-state index in [1.54, 1.807) is 18.4 Å². The highest BCUT2D eigenvalue weighted by Gasteiger charge is 2.26. The quantitative estimate of drug-likeness (QED) is 0.451. The zero-order valence-corrected chi connectivity index (χ0v) is 18.5. The molecular formula is C22H28N4OS2. The highest BCUT2D eigenvalue weighted by Crippen LogP contribution is 2.26. The van der Waals surface area contributed by atoms with Crippen molar-refractivity contribution < 1.29 is 4.79 Å². The van der Waals surface area contributed by atoms with E-state index in [0.717, 1.165) is 44.3 Å². The molecule has 1 unspecified atom stereocenters. The Bertz CT molecular complexity index is 852. The van der Waals surface area contributed by atoms with E-state index in [1.165, 1.54) is 21.8 Å². The molecule has 3 heterocycles. The fourth-order valence-electron chi connectivity index (χ4n) is 3.95. The topological polar surface area (TPSA) is 47.9 Å². The lowest BCUT2D eigenvalue weighted by molar-refractivity contribution is -0.130. The van der Waals surface area contributed by atoms with Crippen LogP contribution in [0.25, 0.3) is 0 Å². The van der Waals surface area contributed by atoms with Gasteiger partial charge in [-0.15, -0.1) is 23.1 Å². The van der Waals surface area contributed by atoms with Crippen LogP contribution in [-0.4, -0.2) is 60.6 Å². The van der Waals surface area contributed by atoms with E-state index in [4.69, 9.17) is 0 Å². The van der Waals surface area contributed by atoms with Gasteiger partial charge < -0.3 is 15.1 Å². The number of benzene rings is 1. The summed E-state index contributed by atoms with van der Waals surface area (Å²) in [6.07, 6.45) is 2.14. The molecule has 1 fully saturated rings. The summed E-state index contributed by atoms with van der Waals surface area (Å²) in [5.74, 6) is 2.76. The number of carbonyl (C=O) groups is 1. The van der Waals surface area contributed by atoms with Gasteiger partial charge in [0.2, 0.25) is 5.91 Å². The Morgan fingerprint density at radius 1 is 1.24 bits per heavy atom. The summed E-state index contributed by atoms with van der Waals surface area (Å²) in [5.41, 5.74) is 1.30. The van der Waals surface area contributed by atoms with E-state index < -0.39 is 0 Å². The van der Waals surface area contributed by atoms with Crippen LogP contribution in [-0.2, 0) is 17.8 Å². The van der Waals surface area contributed by atoms with E-state index >= 15 is 0 Å².